The Morgan fingerprint density at radius 1 is 1.62 bits per heavy atom. The fourth-order valence-electron chi connectivity index (χ4n) is 1.11. The number of nitrogens with two attached hydrogens (primary N) is 1. The number of nitrogens with zero attached hydrogens (tertiary/aromatic N) is 3. The van der Waals surface area contributed by atoms with E-state index < -0.39 is 0 Å². The summed E-state index contributed by atoms with van der Waals surface area (Å²) >= 11 is 0. The molecule has 3 N–H and O–H groups in total. The second kappa shape index (κ2) is 8.37. The Bertz CT molecular complexity index is 296. The van der Waals surface area contributed by atoms with Gasteiger partial charge in [-0.2, -0.15) is 5.10 Å². The van der Waals surface area contributed by atoms with Crippen LogP contribution in [0.2, 0.25) is 0 Å². The zero-order valence-corrected chi connectivity index (χ0v) is 12.1. The van der Waals surface area contributed by atoms with Crippen LogP contribution >= 0.6 is 24.0 Å². The predicted octanol–water partition coefficient (Wildman–Crippen LogP) is 1.20. The molecule has 0 aliphatic carbocycles. The summed E-state index contributed by atoms with van der Waals surface area (Å²) in [7, 11) is 0. The van der Waals surface area contributed by atoms with Crippen LogP contribution in [0.1, 0.15) is 20.3 Å². The molecule has 0 aliphatic heterocycles. The molecule has 1 heterocycles. The van der Waals surface area contributed by atoms with Crippen molar-refractivity contribution < 1.29 is 0 Å². The van der Waals surface area contributed by atoms with Gasteiger partial charge in [-0.05, 0) is 19.4 Å². The van der Waals surface area contributed by atoms with E-state index in [0.717, 1.165) is 13.0 Å². The van der Waals surface area contributed by atoms with E-state index in [1.807, 2.05) is 16.9 Å². The minimum absolute atomic E-state index is 0. The smallest absolute Gasteiger partial charge is 0.188 e. The highest BCUT2D eigenvalue weighted by Crippen LogP contribution is 1.87. The normalized spacial score (nSPS) is 13.0. The molecule has 0 radical (unpaired) electrons. The Hall–Kier alpha value is -0.790. The Morgan fingerprint density at radius 2 is 2.38 bits per heavy atom. The van der Waals surface area contributed by atoms with Crippen LogP contribution in [-0.4, -0.2) is 28.3 Å². The minimum Gasteiger partial charge on any atom is -0.370 e. The van der Waals surface area contributed by atoms with Gasteiger partial charge in [-0.1, -0.05) is 6.92 Å². The highest BCUT2D eigenvalue weighted by molar-refractivity contribution is 14.0. The van der Waals surface area contributed by atoms with Crippen LogP contribution in [0.3, 0.4) is 0 Å². The summed E-state index contributed by atoms with van der Waals surface area (Å²) in [5, 5.41) is 7.18. The number of aromatic nitrogens is 2. The number of aliphatic imine (C=N–C) groups is 1. The van der Waals surface area contributed by atoms with Crippen LogP contribution in [0, 0.1) is 0 Å². The van der Waals surface area contributed by atoms with E-state index in [4.69, 9.17) is 5.73 Å². The van der Waals surface area contributed by atoms with Crippen LogP contribution in [-0.2, 0) is 6.54 Å². The molecule has 1 aromatic rings. The molecule has 0 aromatic carbocycles. The summed E-state index contributed by atoms with van der Waals surface area (Å²) in [5.41, 5.74) is 5.70. The Balaban J connectivity index is 0.00000225. The van der Waals surface area contributed by atoms with Crippen molar-refractivity contribution in [3.63, 3.8) is 0 Å². The molecule has 1 aromatic heterocycles. The molecule has 0 saturated carbocycles. The van der Waals surface area contributed by atoms with Crippen LogP contribution in [0.15, 0.2) is 23.5 Å². The van der Waals surface area contributed by atoms with E-state index in [9.17, 15) is 0 Å². The summed E-state index contributed by atoms with van der Waals surface area (Å²) in [6.45, 7) is 5.59. The second-order valence-corrected chi connectivity index (χ2v) is 3.49. The summed E-state index contributed by atoms with van der Waals surface area (Å²) in [6.07, 6.45) is 4.70. The van der Waals surface area contributed by atoms with Crippen molar-refractivity contribution in [3.8, 4) is 0 Å². The van der Waals surface area contributed by atoms with Gasteiger partial charge >= 0.3 is 0 Å². The number of hydrogen-bond donors (Lipinski definition) is 2. The SMILES string of the molecule is CCC(C)NC(N)=NCCn1cccn1.I. The maximum Gasteiger partial charge on any atom is 0.188 e. The van der Waals surface area contributed by atoms with Crippen molar-refractivity contribution in [3.05, 3.63) is 18.5 Å². The molecule has 92 valence electrons. The van der Waals surface area contributed by atoms with Crippen molar-refractivity contribution in [1.29, 1.82) is 0 Å². The van der Waals surface area contributed by atoms with Crippen LogP contribution in [0.25, 0.3) is 0 Å². The topological polar surface area (TPSA) is 68.2 Å². The van der Waals surface area contributed by atoms with Gasteiger partial charge in [0.15, 0.2) is 5.96 Å². The lowest BCUT2D eigenvalue weighted by atomic mass is 10.3. The third-order valence-corrected chi connectivity index (χ3v) is 2.18. The van der Waals surface area contributed by atoms with Gasteiger partial charge < -0.3 is 11.1 Å². The van der Waals surface area contributed by atoms with Crippen LogP contribution in [0.5, 0.6) is 0 Å². The van der Waals surface area contributed by atoms with E-state index in [1.165, 1.54) is 0 Å². The van der Waals surface area contributed by atoms with Crippen molar-refractivity contribution in [2.75, 3.05) is 6.54 Å². The first-order valence-electron chi connectivity index (χ1n) is 5.26. The van der Waals surface area contributed by atoms with E-state index in [0.29, 0.717) is 18.5 Å². The molecule has 1 unspecified atom stereocenters. The minimum atomic E-state index is 0. The molecule has 6 heteroatoms. The van der Waals surface area contributed by atoms with Gasteiger partial charge in [0.05, 0.1) is 13.1 Å². The first-order valence-corrected chi connectivity index (χ1v) is 5.26. The van der Waals surface area contributed by atoms with E-state index in [1.54, 1.807) is 6.20 Å². The highest BCUT2D eigenvalue weighted by Gasteiger charge is 1.98. The maximum atomic E-state index is 5.70. The van der Waals surface area contributed by atoms with Crippen LogP contribution in [0.4, 0.5) is 0 Å². The maximum absolute atomic E-state index is 5.70. The number of nitrogens with one attached hydrogen (secondary N) is 1. The molecule has 0 spiro atoms. The average molecular weight is 337 g/mol. The first kappa shape index (κ1) is 15.2. The van der Waals surface area contributed by atoms with Crippen molar-refractivity contribution in [2.45, 2.75) is 32.9 Å². The van der Waals surface area contributed by atoms with Gasteiger partial charge in [0.25, 0.3) is 0 Å². The summed E-state index contributed by atoms with van der Waals surface area (Å²) in [5.74, 6) is 0.511. The Labute approximate surface area is 114 Å². The molecule has 5 nitrogen and oxygen atoms in total. The van der Waals surface area contributed by atoms with E-state index >= 15 is 0 Å². The summed E-state index contributed by atoms with van der Waals surface area (Å²) in [6, 6.07) is 2.27. The molecule has 0 saturated heterocycles. The van der Waals surface area contributed by atoms with Crippen molar-refractivity contribution >= 4 is 29.9 Å². The molecular formula is C10H20IN5. The molecule has 0 amide bonds. The lowest BCUT2D eigenvalue weighted by molar-refractivity contribution is 0.613. The summed E-state index contributed by atoms with van der Waals surface area (Å²) in [4.78, 5) is 4.21. The molecular weight excluding hydrogens is 317 g/mol. The monoisotopic (exact) mass is 337 g/mol. The zero-order chi connectivity index (χ0) is 11.1. The first-order chi connectivity index (χ1) is 7.22. The van der Waals surface area contributed by atoms with Gasteiger partial charge in [0.2, 0.25) is 0 Å². The molecule has 0 fully saturated rings. The molecule has 0 aliphatic rings. The number of guanidine groups is 1. The molecule has 0 bridgehead atoms. The van der Waals surface area contributed by atoms with Gasteiger partial charge in [-0.15, -0.1) is 24.0 Å². The van der Waals surface area contributed by atoms with E-state index in [-0.39, 0.29) is 24.0 Å². The number of hydrogen-bond acceptors (Lipinski definition) is 2. The number of halogens is 1. The van der Waals surface area contributed by atoms with Gasteiger partial charge in [0, 0.05) is 18.4 Å². The average Bonchev–Trinajstić information content (AvgIpc) is 2.70. The van der Waals surface area contributed by atoms with Crippen molar-refractivity contribution in [1.82, 2.24) is 15.1 Å². The van der Waals surface area contributed by atoms with Gasteiger partial charge in [-0.25, -0.2) is 0 Å². The second-order valence-electron chi connectivity index (χ2n) is 3.49. The highest BCUT2D eigenvalue weighted by atomic mass is 127. The third-order valence-electron chi connectivity index (χ3n) is 2.18. The molecule has 16 heavy (non-hydrogen) atoms. The fraction of sp³-hybridized carbons (Fsp3) is 0.600. The van der Waals surface area contributed by atoms with Crippen LogP contribution < -0.4 is 11.1 Å². The molecule has 1 atom stereocenters. The Kier molecular flexibility index (Phi) is 7.96. The predicted molar refractivity (Wildman–Crippen MR) is 77.0 cm³/mol. The molecule has 1 rings (SSSR count). The lowest BCUT2D eigenvalue weighted by Crippen LogP contribution is -2.38. The quantitative estimate of drug-likeness (QED) is 0.482. The van der Waals surface area contributed by atoms with Crippen molar-refractivity contribution in [2.24, 2.45) is 10.7 Å². The zero-order valence-electron chi connectivity index (χ0n) is 9.76. The third kappa shape index (κ3) is 5.94. The summed E-state index contributed by atoms with van der Waals surface area (Å²) < 4.78 is 1.83. The van der Waals surface area contributed by atoms with E-state index in [2.05, 4.69) is 29.3 Å². The van der Waals surface area contributed by atoms with Gasteiger partial charge in [0.1, 0.15) is 0 Å². The number of rotatable bonds is 5. The largest absolute Gasteiger partial charge is 0.370 e. The Morgan fingerprint density at radius 3 is 2.94 bits per heavy atom. The fourth-order valence-corrected chi connectivity index (χ4v) is 1.11. The van der Waals surface area contributed by atoms with Gasteiger partial charge in [-0.3, -0.25) is 9.67 Å². The lowest BCUT2D eigenvalue weighted by Gasteiger charge is -2.11. The standard InChI is InChI=1S/C10H19N5.HI/c1-3-9(2)14-10(11)12-6-8-15-7-4-5-13-15;/h4-5,7,9H,3,6,8H2,1-2H3,(H3,11,12,14);1H.